The van der Waals surface area contributed by atoms with Gasteiger partial charge in [-0.2, -0.15) is 0 Å². The van der Waals surface area contributed by atoms with Crippen molar-refractivity contribution in [3.05, 3.63) is 66.4 Å². The maximum Gasteiger partial charge on any atom is 0.323 e. The molecule has 0 aliphatic rings. The summed E-state index contributed by atoms with van der Waals surface area (Å²) in [5.41, 5.74) is 3.30. The van der Waals surface area contributed by atoms with E-state index >= 15 is 0 Å². The number of urea groups is 1. The molecule has 0 fully saturated rings. The normalized spacial score (nSPS) is 10.9. The van der Waals surface area contributed by atoms with Gasteiger partial charge in [-0.3, -0.25) is 4.79 Å². The third kappa shape index (κ3) is 6.25. The first-order chi connectivity index (χ1) is 16.2. The highest BCUT2D eigenvalue weighted by atomic mass is 16.5. The molecule has 3 aromatic rings. The standard InChI is InChI=1S/C26H29N3O5/c1-17-6-12-22(32-4)21(14-17)29-25(31)28-20-10-7-18(8-11-20)19-9-13-23(27-15-19)34-16-26(2,3)24(30)33-5/h6-15H,16H2,1-5H3,(H2,28,29,31). The van der Waals surface area contributed by atoms with Crippen LogP contribution in [0.1, 0.15) is 19.4 Å². The topological polar surface area (TPSA) is 98.8 Å². The molecule has 1 aromatic heterocycles. The number of hydrogen-bond donors (Lipinski definition) is 2. The van der Waals surface area contributed by atoms with Gasteiger partial charge in [-0.05, 0) is 62.2 Å². The maximum atomic E-state index is 12.4. The fourth-order valence-corrected chi connectivity index (χ4v) is 3.18. The molecule has 178 valence electrons. The number of amides is 2. The fourth-order valence-electron chi connectivity index (χ4n) is 3.18. The summed E-state index contributed by atoms with van der Waals surface area (Å²) in [6.07, 6.45) is 1.69. The van der Waals surface area contributed by atoms with Gasteiger partial charge in [0.1, 0.15) is 12.4 Å². The summed E-state index contributed by atoms with van der Waals surface area (Å²) >= 11 is 0. The molecule has 0 radical (unpaired) electrons. The van der Waals surface area contributed by atoms with Crippen LogP contribution < -0.4 is 20.1 Å². The third-order valence-corrected chi connectivity index (χ3v) is 5.13. The number of aromatic nitrogens is 1. The van der Waals surface area contributed by atoms with Crippen molar-refractivity contribution in [3.63, 3.8) is 0 Å². The van der Waals surface area contributed by atoms with Crippen LogP contribution in [-0.2, 0) is 9.53 Å². The van der Waals surface area contributed by atoms with Crippen molar-refractivity contribution >= 4 is 23.4 Å². The van der Waals surface area contributed by atoms with Crippen LogP contribution in [0.25, 0.3) is 11.1 Å². The van der Waals surface area contributed by atoms with Gasteiger partial charge in [-0.25, -0.2) is 9.78 Å². The van der Waals surface area contributed by atoms with E-state index in [2.05, 4.69) is 15.6 Å². The maximum absolute atomic E-state index is 12.4. The van der Waals surface area contributed by atoms with E-state index in [1.54, 1.807) is 33.2 Å². The van der Waals surface area contributed by atoms with Gasteiger partial charge in [-0.15, -0.1) is 0 Å². The van der Waals surface area contributed by atoms with Crippen LogP contribution in [0.3, 0.4) is 0 Å². The second-order valence-corrected chi connectivity index (χ2v) is 8.41. The molecule has 34 heavy (non-hydrogen) atoms. The molecule has 2 amide bonds. The summed E-state index contributed by atoms with van der Waals surface area (Å²) in [5, 5.41) is 5.62. The van der Waals surface area contributed by atoms with E-state index in [0.717, 1.165) is 16.7 Å². The van der Waals surface area contributed by atoms with E-state index in [4.69, 9.17) is 14.2 Å². The zero-order valence-corrected chi connectivity index (χ0v) is 20.0. The van der Waals surface area contributed by atoms with Gasteiger partial charge in [0.05, 0.1) is 25.3 Å². The molecule has 2 aromatic carbocycles. The largest absolute Gasteiger partial charge is 0.495 e. The Morgan fingerprint density at radius 1 is 0.941 bits per heavy atom. The zero-order chi connectivity index (χ0) is 24.7. The lowest BCUT2D eigenvalue weighted by molar-refractivity contribution is -0.152. The van der Waals surface area contributed by atoms with Crippen molar-refractivity contribution in [2.75, 3.05) is 31.5 Å². The Morgan fingerprint density at radius 2 is 1.65 bits per heavy atom. The number of hydrogen-bond acceptors (Lipinski definition) is 6. The number of aryl methyl sites for hydroxylation is 1. The minimum atomic E-state index is -0.769. The van der Waals surface area contributed by atoms with Gasteiger partial charge in [0.25, 0.3) is 0 Å². The third-order valence-electron chi connectivity index (χ3n) is 5.13. The lowest BCUT2D eigenvalue weighted by Crippen LogP contribution is -2.32. The molecule has 0 aliphatic carbocycles. The number of carbonyl (C=O) groups is 2. The summed E-state index contributed by atoms with van der Waals surface area (Å²) in [6, 6.07) is 16.2. The van der Waals surface area contributed by atoms with Crippen LogP contribution in [0.2, 0.25) is 0 Å². The van der Waals surface area contributed by atoms with Crippen molar-refractivity contribution in [2.24, 2.45) is 5.41 Å². The number of nitrogens with one attached hydrogen (secondary N) is 2. The Kier molecular flexibility index (Phi) is 7.73. The van der Waals surface area contributed by atoms with Gasteiger partial charge in [0.2, 0.25) is 5.88 Å². The number of methoxy groups -OCH3 is 2. The molecule has 8 nitrogen and oxygen atoms in total. The number of nitrogens with zero attached hydrogens (tertiary/aromatic N) is 1. The average Bonchev–Trinajstić information content (AvgIpc) is 2.83. The summed E-state index contributed by atoms with van der Waals surface area (Å²) in [6.45, 7) is 5.60. The van der Waals surface area contributed by atoms with Gasteiger partial charge < -0.3 is 24.8 Å². The smallest absolute Gasteiger partial charge is 0.323 e. The van der Waals surface area contributed by atoms with Gasteiger partial charge >= 0.3 is 12.0 Å². The van der Waals surface area contributed by atoms with Crippen molar-refractivity contribution in [1.82, 2.24) is 4.98 Å². The first-order valence-electron chi connectivity index (χ1n) is 10.7. The second kappa shape index (κ2) is 10.7. The molecule has 0 aliphatic heterocycles. The molecule has 0 saturated carbocycles. The van der Waals surface area contributed by atoms with Crippen molar-refractivity contribution in [2.45, 2.75) is 20.8 Å². The van der Waals surface area contributed by atoms with E-state index in [0.29, 0.717) is 23.0 Å². The van der Waals surface area contributed by atoms with Crippen molar-refractivity contribution < 1.29 is 23.8 Å². The fraction of sp³-hybridized carbons (Fsp3) is 0.269. The lowest BCUT2D eigenvalue weighted by atomic mass is 9.95. The number of rotatable bonds is 8. The SMILES string of the molecule is COC(=O)C(C)(C)COc1ccc(-c2ccc(NC(=O)Nc3cc(C)ccc3OC)cc2)cn1. The first kappa shape index (κ1) is 24.6. The van der Waals surface area contributed by atoms with Crippen LogP contribution in [0.5, 0.6) is 11.6 Å². The Bertz CT molecular complexity index is 1140. The molecule has 0 spiro atoms. The Labute approximate surface area is 199 Å². The monoisotopic (exact) mass is 463 g/mol. The van der Waals surface area contributed by atoms with Crippen molar-refractivity contribution in [3.8, 4) is 22.8 Å². The minimum Gasteiger partial charge on any atom is -0.495 e. The summed E-state index contributed by atoms with van der Waals surface area (Å²) in [4.78, 5) is 28.5. The summed E-state index contributed by atoms with van der Waals surface area (Å²) in [5.74, 6) is 0.664. The lowest BCUT2D eigenvalue weighted by Gasteiger charge is -2.21. The second-order valence-electron chi connectivity index (χ2n) is 8.41. The van der Waals surface area contributed by atoms with Gasteiger partial charge in [0, 0.05) is 23.5 Å². The molecule has 3 rings (SSSR count). The summed E-state index contributed by atoms with van der Waals surface area (Å²) in [7, 11) is 2.91. The number of anilines is 2. The van der Waals surface area contributed by atoms with E-state index in [1.807, 2.05) is 55.5 Å². The Hall–Kier alpha value is -4.07. The van der Waals surface area contributed by atoms with Gasteiger partial charge in [0.15, 0.2) is 0 Å². The molecule has 0 bridgehead atoms. The highest BCUT2D eigenvalue weighted by molar-refractivity contribution is 6.00. The number of ether oxygens (including phenoxy) is 3. The molecule has 1 heterocycles. The minimum absolute atomic E-state index is 0.156. The number of carbonyl (C=O) groups excluding carboxylic acids is 2. The van der Waals surface area contributed by atoms with E-state index < -0.39 is 5.41 Å². The number of pyridine rings is 1. The van der Waals surface area contributed by atoms with Crippen LogP contribution >= 0.6 is 0 Å². The molecule has 0 saturated heterocycles. The molecular weight excluding hydrogens is 434 g/mol. The Morgan fingerprint density at radius 3 is 2.26 bits per heavy atom. The predicted molar refractivity (Wildman–Crippen MR) is 131 cm³/mol. The molecule has 8 heteroatoms. The number of benzene rings is 2. The Balaban J connectivity index is 1.59. The summed E-state index contributed by atoms with van der Waals surface area (Å²) < 4.78 is 15.7. The van der Waals surface area contributed by atoms with Crippen LogP contribution in [0.4, 0.5) is 16.2 Å². The van der Waals surface area contributed by atoms with Crippen LogP contribution in [0.15, 0.2) is 60.8 Å². The zero-order valence-electron chi connectivity index (χ0n) is 20.0. The molecular formula is C26H29N3O5. The van der Waals surface area contributed by atoms with Crippen molar-refractivity contribution in [1.29, 1.82) is 0 Å². The highest BCUT2D eigenvalue weighted by Crippen LogP contribution is 2.26. The van der Waals surface area contributed by atoms with E-state index in [9.17, 15) is 9.59 Å². The predicted octanol–water partition coefficient (Wildman–Crippen LogP) is 5.29. The molecule has 0 atom stereocenters. The molecule has 2 N–H and O–H groups in total. The van der Waals surface area contributed by atoms with E-state index in [-0.39, 0.29) is 18.6 Å². The highest BCUT2D eigenvalue weighted by Gasteiger charge is 2.29. The molecule has 0 unspecified atom stereocenters. The van der Waals surface area contributed by atoms with Gasteiger partial charge in [-0.1, -0.05) is 18.2 Å². The first-order valence-corrected chi connectivity index (χ1v) is 10.7. The quantitative estimate of drug-likeness (QED) is 0.441. The average molecular weight is 464 g/mol. The van der Waals surface area contributed by atoms with Crippen LogP contribution in [0, 0.1) is 12.3 Å². The van der Waals surface area contributed by atoms with Crippen LogP contribution in [-0.4, -0.2) is 37.8 Å². The van der Waals surface area contributed by atoms with E-state index in [1.165, 1.54) is 7.11 Å². The number of esters is 1.